The predicted octanol–water partition coefficient (Wildman–Crippen LogP) is 4.10. The van der Waals surface area contributed by atoms with Gasteiger partial charge in [0.15, 0.2) is 11.9 Å². The molecule has 4 rings (SSSR count). The zero-order valence-corrected chi connectivity index (χ0v) is 16.0. The third-order valence-electron chi connectivity index (χ3n) is 4.85. The number of fused-ring (bicyclic) bond motifs is 1. The Balaban J connectivity index is 1.70. The lowest BCUT2D eigenvalue weighted by molar-refractivity contribution is -0.173. The van der Waals surface area contributed by atoms with Crippen LogP contribution in [0.25, 0.3) is 0 Å². The van der Waals surface area contributed by atoms with Gasteiger partial charge in [-0.25, -0.2) is 4.68 Å². The van der Waals surface area contributed by atoms with Crippen LogP contribution in [0.15, 0.2) is 41.1 Å². The van der Waals surface area contributed by atoms with Crippen molar-refractivity contribution >= 4 is 17.5 Å². The lowest BCUT2D eigenvalue weighted by Gasteiger charge is -2.34. The van der Waals surface area contributed by atoms with Crippen LogP contribution in [-0.2, 0) is 0 Å². The molecular formula is C19H18F3N5O3. The van der Waals surface area contributed by atoms with E-state index in [9.17, 15) is 18.0 Å². The van der Waals surface area contributed by atoms with Crippen LogP contribution < -0.4 is 15.4 Å². The monoisotopic (exact) mass is 421 g/mol. The molecule has 0 spiro atoms. The minimum absolute atomic E-state index is 0.0193. The molecule has 1 aliphatic heterocycles. The van der Waals surface area contributed by atoms with Gasteiger partial charge in [0.1, 0.15) is 22.9 Å². The average molecular weight is 421 g/mol. The highest BCUT2D eigenvalue weighted by Crippen LogP contribution is 2.44. The molecule has 3 heterocycles. The molecule has 158 valence electrons. The summed E-state index contributed by atoms with van der Waals surface area (Å²) in [5.41, 5.74) is 0.576. The third kappa shape index (κ3) is 3.70. The lowest BCUT2D eigenvalue weighted by Crippen LogP contribution is -2.36. The summed E-state index contributed by atoms with van der Waals surface area (Å²) in [6, 6.07) is 5.69. The fraction of sp³-hybridized carbons (Fsp3) is 0.316. The van der Waals surface area contributed by atoms with Crippen molar-refractivity contribution in [2.24, 2.45) is 0 Å². The van der Waals surface area contributed by atoms with Crippen LogP contribution in [0.1, 0.15) is 40.2 Å². The second-order valence-electron chi connectivity index (χ2n) is 6.89. The predicted molar refractivity (Wildman–Crippen MR) is 100 cm³/mol. The molecule has 0 radical (unpaired) electrons. The first-order chi connectivity index (χ1) is 14.3. The van der Waals surface area contributed by atoms with Gasteiger partial charge in [0, 0.05) is 12.5 Å². The zero-order valence-electron chi connectivity index (χ0n) is 16.0. The molecule has 0 bridgehead atoms. The standard InChI is InChI=1S/C19H18F3N5O3/c1-10-6-16(26-30-10)25-18(28)13-9-23-27-15(19(20,21)22)8-14(24-17(13)27)11-4-3-5-12(7-11)29-2/h3-7,9,14-15,24H,8H2,1-2H3,(H,25,26,28). The summed E-state index contributed by atoms with van der Waals surface area (Å²) in [7, 11) is 1.48. The van der Waals surface area contributed by atoms with E-state index in [1.54, 1.807) is 31.2 Å². The quantitative estimate of drug-likeness (QED) is 0.659. The summed E-state index contributed by atoms with van der Waals surface area (Å²) in [5, 5.41) is 13.0. The van der Waals surface area contributed by atoms with Crippen LogP contribution in [0, 0.1) is 6.92 Å². The first kappa shape index (κ1) is 19.8. The second-order valence-corrected chi connectivity index (χ2v) is 6.89. The van der Waals surface area contributed by atoms with Gasteiger partial charge < -0.3 is 19.9 Å². The highest BCUT2D eigenvalue weighted by atomic mass is 19.4. The molecule has 2 atom stereocenters. The molecule has 11 heteroatoms. The highest BCUT2D eigenvalue weighted by Gasteiger charge is 2.47. The van der Waals surface area contributed by atoms with Crippen LogP contribution in [0.3, 0.4) is 0 Å². The van der Waals surface area contributed by atoms with Crippen molar-refractivity contribution in [3.05, 3.63) is 53.4 Å². The number of ether oxygens (including phenoxy) is 1. The van der Waals surface area contributed by atoms with Crippen molar-refractivity contribution in [3.8, 4) is 5.75 Å². The van der Waals surface area contributed by atoms with E-state index >= 15 is 0 Å². The fourth-order valence-corrected chi connectivity index (χ4v) is 3.41. The van der Waals surface area contributed by atoms with Crippen LogP contribution in [0.2, 0.25) is 0 Å². The molecule has 2 unspecified atom stereocenters. The Kier molecular flexibility index (Phi) is 4.88. The van der Waals surface area contributed by atoms with Gasteiger partial charge in [-0.1, -0.05) is 17.3 Å². The second kappa shape index (κ2) is 7.39. The fourth-order valence-electron chi connectivity index (χ4n) is 3.41. The van der Waals surface area contributed by atoms with Crippen LogP contribution >= 0.6 is 0 Å². The molecule has 1 aromatic carbocycles. The van der Waals surface area contributed by atoms with E-state index in [1.807, 2.05) is 0 Å². The topological polar surface area (TPSA) is 94.2 Å². The number of methoxy groups -OCH3 is 1. The van der Waals surface area contributed by atoms with E-state index in [2.05, 4.69) is 20.9 Å². The molecule has 30 heavy (non-hydrogen) atoms. The Morgan fingerprint density at radius 1 is 1.37 bits per heavy atom. The van der Waals surface area contributed by atoms with Crippen molar-refractivity contribution in [1.29, 1.82) is 0 Å². The third-order valence-corrected chi connectivity index (χ3v) is 4.85. The lowest BCUT2D eigenvalue weighted by atomic mass is 9.96. The molecule has 2 aromatic heterocycles. The molecule has 1 aliphatic rings. The van der Waals surface area contributed by atoms with Gasteiger partial charge >= 0.3 is 6.18 Å². The molecule has 3 aromatic rings. The minimum atomic E-state index is -4.54. The van der Waals surface area contributed by atoms with Gasteiger partial charge in [0.25, 0.3) is 5.91 Å². The summed E-state index contributed by atoms with van der Waals surface area (Å²) < 4.78 is 52.2. The van der Waals surface area contributed by atoms with Gasteiger partial charge in [-0.15, -0.1) is 0 Å². The number of anilines is 2. The summed E-state index contributed by atoms with van der Waals surface area (Å²) in [6.07, 6.45) is -3.72. The number of nitrogens with one attached hydrogen (secondary N) is 2. The Labute approximate surface area is 169 Å². The van der Waals surface area contributed by atoms with Crippen molar-refractivity contribution in [3.63, 3.8) is 0 Å². The van der Waals surface area contributed by atoms with Gasteiger partial charge in [0.05, 0.1) is 19.3 Å². The zero-order chi connectivity index (χ0) is 21.5. The minimum Gasteiger partial charge on any atom is -0.497 e. The molecule has 1 amide bonds. The van der Waals surface area contributed by atoms with E-state index in [0.717, 1.165) is 10.9 Å². The van der Waals surface area contributed by atoms with Gasteiger partial charge in [-0.3, -0.25) is 4.79 Å². The smallest absolute Gasteiger partial charge is 0.410 e. The number of nitrogens with zero attached hydrogens (tertiary/aromatic N) is 3. The van der Waals surface area contributed by atoms with Gasteiger partial charge in [-0.05, 0) is 24.6 Å². The van der Waals surface area contributed by atoms with Crippen molar-refractivity contribution in [1.82, 2.24) is 14.9 Å². The van der Waals surface area contributed by atoms with E-state index in [4.69, 9.17) is 9.26 Å². The number of aryl methyl sites for hydroxylation is 1. The number of amides is 1. The Morgan fingerprint density at radius 2 is 2.17 bits per heavy atom. The van der Waals surface area contributed by atoms with E-state index in [0.29, 0.717) is 17.1 Å². The van der Waals surface area contributed by atoms with Crippen LogP contribution in [-0.4, -0.2) is 34.1 Å². The summed E-state index contributed by atoms with van der Waals surface area (Å²) >= 11 is 0. The molecule has 0 fully saturated rings. The van der Waals surface area contributed by atoms with E-state index < -0.39 is 24.2 Å². The molecular weight excluding hydrogens is 403 g/mol. The highest BCUT2D eigenvalue weighted by molar-refractivity contribution is 6.07. The van der Waals surface area contributed by atoms with Crippen LogP contribution in [0.4, 0.5) is 24.8 Å². The van der Waals surface area contributed by atoms with Gasteiger partial charge in [0.2, 0.25) is 0 Å². The maximum Gasteiger partial charge on any atom is 0.410 e. The number of hydrogen-bond donors (Lipinski definition) is 2. The molecule has 0 saturated heterocycles. The maximum atomic E-state index is 13.8. The number of carbonyl (C=O) groups excluding carboxylic acids is 1. The van der Waals surface area contributed by atoms with E-state index in [-0.39, 0.29) is 23.6 Å². The van der Waals surface area contributed by atoms with Crippen molar-refractivity contribution < 1.29 is 27.2 Å². The van der Waals surface area contributed by atoms with Crippen molar-refractivity contribution in [2.45, 2.75) is 31.6 Å². The first-order valence-electron chi connectivity index (χ1n) is 9.05. The maximum absolute atomic E-state index is 13.8. The Morgan fingerprint density at radius 3 is 2.83 bits per heavy atom. The number of carbonyl (C=O) groups is 1. The van der Waals surface area contributed by atoms with Crippen LogP contribution in [0.5, 0.6) is 5.75 Å². The average Bonchev–Trinajstić information content (AvgIpc) is 3.32. The SMILES string of the molecule is COc1cccc(C2CC(C(F)(F)F)n3ncc(C(=O)Nc4cc(C)on4)c3N2)c1. The molecule has 2 N–H and O–H groups in total. The van der Waals surface area contributed by atoms with Gasteiger partial charge in [-0.2, -0.15) is 18.3 Å². The first-order valence-corrected chi connectivity index (χ1v) is 9.05. The normalized spacial score (nSPS) is 18.4. The number of alkyl halides is 3. The number of benzene rings is 1. The molecule has 0 aliphatic carbocycles. The molecule has 8 nitrogen and oxygen atoms in total. The number of aromatic nitrogens is 3. The van der Waals surface area contributed by atoms with Crippen molar-refractivity contribution in [2.75, 3.05) is 17.7 Å². The largest absolute Gasteiger partial charge is 0.497 e. The number of rotatable bonds is 4. The number of halogens is 3. The Hall–Kier alpha value is -3.50. The summed E-state index contributed by atoms with van der Waals surface area (Å²) in [6.45, 7) is 1.65. The summed E-state index contributed by atoms with van der Waals surface area (Å²) in [5.74, 6) is 0.496. The molecule has 0 saturated carbocycles. The Bertz CT molecular complexity index is 1080. The number of hydrogen-bond acceptors (Lipinski definition) is 6. The van der Waals surface area contributed by atoms with E-state index in [1.165, 1.54) is 13.2 Å². The summed E-state index contributed by atoms with van der Waals surface area (Å²) in [4.78, 5) is 12.7.